The molecule has 1 fully saturated rings. The number of esters is 1. The van der Waals surface area contributed by atoms with E-state index >= 15 is 0 Å². The summed E-state index contributed by atoms with van der Waals surface area (Å²) in [5.41, 5.74) is 2.96. The number of hydrogen-bond acceptors (Lipinski definition) is 5. The molecule has 0 saturated carbocycles. The van der Waals surface area contributed by atoms with Crippen LogP contribution >= 0.6 is 0 Å². The van der Waals surface area contributed by atoms with Crippen LogP contribution in [0.25, 0.3) is 0 Å². The fourth-order valence-electron chi connectivity index (χ4n) is 5.13. The second-order valence-electron chi connectivity index (χ2n) is 10.4. The number of nitrogens with one attached hydrogen (secondary N) is 1. The Kier molecular flexibility index (Phi) is 9.61. The van der Waals surface area contributed by atoms with Crippen molar-refractivity contribution in [3.05, 3.63) is 114 Å². The molecule has 0 radical (unpaired) electrons. The number of carbonyl (C=O) groups excluding carboxylic acids is 3. The fourth-order valence-corrected chi connectivity index (χ4v) is 5.13. The highest BCUT2D eigenvalue weighted by Crippen LogP contribution is 2.46. The molecule has 0 bridgehead atoms. The predicted molar refractivity (Wildman–Crippen MR) is 158 cm³/mol. The van der Waals surface area contributed by atoms with Crippen molar-refractivity contribution < 1.29 is 23.9 Å². The van der Waals surface area contributed by atoms with Crippen molar-refractivity contribution in [1.82, 2.24) is 10.2 Å². The Labute approximate surface area is 242 Å². The van der Waals surface area contributed by atoms with Gasteiger partial charge in [0, 0.05) is 0 Å². The van der Waals surface area contributed by atoms with E-state index in [1.54, 1.807) is 30.3 Å². The zero-order valence-corrected chi connectivity index (χ0v) is 24.0. The van der Waals surface area contributed by atoms with E-state index in [2.05, 4.69) is 11.9 Å². The minimum Gasteiger partial charge on any atom is -0.469 e. The van der Waals surface area contributed by atoms with Gasteiger partial charge in [-0.05, 0) is 55.0 Å². The van der Waals surface area contributed by atoms with Crippen LogP contribution in [0.1, 0.15) is 61.4 Å². The fraction of sp³-hybridized carbons (Fsp3) is 0.324. The molecule has 3 aromatic rings. The number of nitrogens with zero attached hydrogens (tertiary/aromatic N) is 1. The molecule has 0 aliphatic carbocycles. The van der Waals surface area contributed by atoms with Gasteiger partial charge < -0.3 is 14.8 Å². The Balaban J connectivity index is 1.43. The van der Waals surface area contributed by atoms with Crippen LogP contribution in [0.3, 0.4) is 0 Å². The predicted octanol–water partition coefficient (Wildman–Crippen LogP) is 6.66. The van der Waals surface area contributed by atoms with Crippen molar-refractivity contribution in [2.75, 3.05) is 0 Å². The Morgan fingerprint density at radius 3 is 2.24 bits per heavy atom. The minimum absolute atomic E-state index is 0.126. The smallest absolute Gasteiger partial charge is 0.327 e. The highest BCUT2D eigenvalue weighted by atomic mass is 16.5. The van der Waals surface area contributed by atoms with Crippen LogP contribution in [-0.4, -0.2) is 29.0 Å². The van der Waals surface area contributed by atoms with Crippen molar-refractivity contribution >= 4 is 17.9 Å². The van der Waals surface area contributed by atoms with Crippen LogP contribution in [0.4, 0.5) is 4.79 Å². The van der Waals surface area contributed by atoms with Crippen molar-refractivity contribution in [3.63, 3.8) is 0 Å². The summed E-state index contributed by atoms with van der Waals surface area (Å²) >= 11 is 0. The summed E-state index contributed by atoms with van der Waals surface area (Å²) in [6, 6.07) is 23.7. The van der Waals surface area contributed by atoms with Gasteiger partial charge in [0.2, 0.25) is 5.91 Å². The summed E-state index contributed by atoms with van der Waals surface area (Å²) in [7, 11) is 0. The van der Waals surface area contributed by atoms with E-state index in [1.807, 2.05) is 75.4 Å². The van der Waals surface area contributed by atoms with Gasteiger partial charge in [0.05, 0.1) is 12.5 Å². The summed E-state index contributed by atoms with van der Waals surface area (Å²) in [6.07, 6.45) is 2.71. The van der Waals surface area contributed by atoms with Crippen LogP contribution < -0.4 is 10.1 Å². The van der Waals surface area contributed by atoms with Crippen molar-refractivity contribution in [1.29, 1.82) is 0 Å². The third kappa shape index (κ3) is 6.68. The van der Waals surface area contributed by atoms with Gasteiger partial charge in [0.25, 0.3) is 0 Å². The number of likely N-dealkylation sites (tertiary alicyclic amines) is 1. The first-order valence-corrected chi connectivity index (χ1v) is 14.1. The molecule has 1 N–H and O–H groups in total. The number of carbonyl (C=O) groups is 3. The second-order valence-corrected chi connectivity index (χ2v) is 10.4. The van der Waals surface area contributed by atoms with Gasteiger partial charge in [0.15, 0.2) is 6.23 Å². The number of amides is 3. The van der Waals surface area contributed by atoms with Gasteiger partial charge in [-0.25, -0.2) is 9.69 Å². The maximum atomic E-state index is 13.4. The summed E-state index contributed by atoms with van der Waals surface area (Å²) in [5, 5.41) is 3.01. The molecule has 4 rings (SSSR count). The second kappa shape index (κ2) is 13.3. The Morgan fingerprint density at radius 2 is 1.63 bits per heavy atom. The molecule has 7 heteroatoms. The van der Waals surface area contributed by atoms with E-state index in [0.717, 1.165) is 22.3 Å². The van der Waals surface area contributed by atoms with Gasteiger partial charge in [0.1, 0.15) is 17.8 Å². The maximum absolute atomic E-state index is 13.4. The molecule has 2 atom stereocenters. The van der Waals surface area contributed by atoms with Crippen LogP contribution in [0.5, 0.6) is 5.75 Å². The number of urea groups is 1. The summed E-state index contributed by atoms with van der Waals surface area (Å²) < 4.78 is 11.7. The standard InChI is InChI=1S/C34H38N2O5/c1-5-11-29(27-18-14-24(4)15-19-27)35-33(39)36-31(38)34(6-2,7-3)32(36)41-28-20-16-25(17-21-28)22-30(37)40-23-26-12-9-8-10-13-26/h5,8-10,12-21,29,32H,1,6-7,11,22-23H2,2-4H3,(H,35,39)/t29-,32+/m1/s1. The normalized spacial score (nSPS) is 16.3. The number of imide groups is 1. The lowest BCUT2D eigenvalue weighted by atomic mass is 9.72. The number of hydrogen-bond donors (Lipinski definition) is 1. The molecule has 1 aliphatic rings. The van der Waals surface area contributed by atoms with Gasteiger partial charge in [-0.3, -0.25) is 9.59 Å². The van der Waals surface area contributed by atoms with Gasteiger partial charge in [-0.2, -0.15) is 0 Å². The first kappa shape index (κ1) is 29.6. The van der Waals surface area contributed by atoms with E-state index < -0.39 is 17.7 Å². The molecule has 41 heavy (non-hydrogen) atoms. The lowest BCUT2D eigenvalue weighted by Crippen LogP contribution is -2.73. The van der Waals surface area contributed by atoms with E-state index in [0.29, 0.717) is 25.0 Å². The number of β-lactam (4-membered cyclic amide) rings is 1. The van der Waals surface area contributed by atoms with E-state index in [9.17, 15) is 14.4 Å². The van der Waals surface area contributed by atoms with E-state index in [-0.39, 0.29) is 30.9 Å². The molecular formula is C34H38N2O5. The molecule has 3 amide bonds. The van der Waals surface area contributed by atoms with Crippen molar-refractivity contribution in [2.24, 2.45) is 5.41 Å². The third-order valence-electron chi connectivity index (χ3n) is 7.77. The highest BCUT2D eigenvalue weighted by molar-refractivity contribution is 6.03. The first-order chi connectivity index (χ1) is 19.8. The SMILES string of the molecule is C=CC[C@@H](NC(=O)N1C(=O)C(CC)(CC)[C@@H]1Oc1ccc(CC(=O)OCc2ccccc2)cc1)c1ccc(C)cc1. The number of ether oxygens (including phenoxy) is 2. The molecule has 0 spiro atoms. The number of rotatable bonds is 12. The lowest BCUT2D eigenvalue weighted by molar-refractivity contribution is -0.191. The minimum atomic E-state index is -0.797. The summed E-state index contributed by atoms with van der Waals surface area (Å²) in [5.74, 6) is -0.0632. The molecular weight excluding hydrogens is 516 g/mol. The third-order valence-corrected chi connectivity index (χ3v) is 7.77. The molecule has 1 aliphatic heterocycles. The molecule has 0 aromatic heterocycles. The zero-order valence-electron chi connectivity index (χ0n) is 24.0. The van der Waals surface area contributed by atoms with E-state index in [4.69, 9.17) is 9.47 Å². The summed E-state index contributed by atoms with van der Waals surface area (Å²) in [4.78, 5) is 40.3. The highest BCUT2D eigenvalue weighted by Gasteiger charge is 2.63. The Morgan fingerprint density at radius 1 is 0.976 bits per heavy atom. The van der Waals surface area contributed by atoms with E-state index in [1.165, 1.54) is 4.90 Å². The van der Waals surface area contributed by atoms with Crippen LogP contribution in [0.15, 0.2) is 91.5 Å². The number of aryl methyl sites for hydroxylation is 1. The Bertz CT molecular complexity index is 1350. The molecule has 7 nitrogen and oxygen atoms in total. The van der Waals surface area contributed by atoms with Crippen molar-refractivity contribution in [2.45, 2.75) is 65.3 Å². The van der Waals surface area contributed by atoms with Gasteiger partial charge in [-0.15, -0.1) is 6.58 Å². The monoisotopic (exact) mass is 554 g/mol. The zero-order chi connectivity index (χ0) is 29.4. The maximum Gasteiger partial charge on any atom is 0.327 e. The van der Waals surface area contributed by atoms with Crippen molar-refractivity contribution in [3.8, 4) is 5.75 Å². The van der Waals surface area contributed by atoms with Gasteiger partial charge in [-0.1, -0.05) is 92.2 Å². The quantitative estimate of drug-likeness (QED) is 0.154. The largest absolute Gasteiger partial charge is 0.469 e. The Hall–Kier alpha value is -4.39. The first-order valence-electron chi connectivity index (χ1n) is 14.1. The molecule has 3 aromatic carbocycles. The van der Waals surface area contributed by atoms with Crippen LogP contribution in [-0.2, 0) is 27.4 Å². The molecule has 214 valence electrons. The molecule has 1 heterocycles. The average Bonchev–Trinajstić information content (AvgIpc) is 2.98. The molecule has 0 unspecified atom stereocenters. The topological polar surface area (TPSA) is 84.9 Å². The lowest BCUT2D eigenvalue weighted by Gasteiger charge is -2.53. The van der Waals surface area contributed by atoms with Crippen LogP contribution in [0, 0.1) is 12.3 Å². The molecule has 1 saturated heterocycles. The van der Waals surface area contributed by atoms with Gasteiger partial charge >= 0.3 is 12.0 Å². The average molecular weight is 555 g/mol. The number of benzene rings is 3. The van der Waals surface area contributed by atoms with Crippen LogP contribution in [0.2, 0.25) is 0 Å². The summed E-state index contributed by atoms with van der Waals surface area (Å²) in [6.45, 7) is 9.93.